The topological polar surface area (TPSA) is 110 Å². The monoisotopic (exact) mass is 256 g/mol. The molecule has 4 atom stereocenters. The number of ether oxygens (including phenoxy) is 1. The number of phenolic OH excluding ortho intramolecular Hbond substituents is 1. The Kier molecular flexibility index (Phi) is 3.56. The maximum Gasteiger partial charge on any atom is 0.198 e. The predicted octanol–water partition coefficient (Wildman–Crippen LogP) is -1.26. The zero-order valence-corrected chi connectivity index (χ0v) is 9.60. The van der Waals surface area contributed by atoms with E-state index in [9.17, 15) is 20.4 Å². The summed E-state index contributed by atoms with van der Waals surface area (Å²) in [7, 11) is 0. The van der Waals surface area contributed by atoms with Crippen LogP contribution in [0.3, 0.4) is 0 Å². The molecule has 1 fully saturated rings. The molecule has 1 aromatic carbocycles. The van der Waals surface area contributed by atoms with Gasteiger partial charge in [-0.3, -0.25) is 0 Å². The van der Waals surface area contributed by atoms with Crippen LogP contribution in [0.1, 0.15) is 5.56 Å². The zero-order chi connectivity index (χ0) is 13.3. The molecule has 5 N–H and O–H groups in total. The highest BCUT2D eigenvalue weighted by molar-refractivity contribution is 5.27. The molecule has 0 saturated carbocycles. The quantitative estimate of drug-likeness (QED) is 0.451. The van der Waals surface area contributed by atoms with Crippen LogP contribution < -0.4 is 0 Å². The first-order valence-corrected chi connectivity index (χ1v) is 5.61. The number of phenols is 1. The van der Waals surface area contributed by atoms with Gasteiger partial charge in [0.15, 0.2) is 5.79 Å². The van der Waals surface area contributed by atoms with Gasteiger partial charge < -0.3 is 30.3 Å². The molecule has 0 radical (unpaired) electrons. The Morgan fingerprint density at radius 2 is 1.78 bits per heavy atom. The molecule has 0 aromatic heterocycles. The maximum atomic E-state index is 10.1. The average Bonchev–Trinajstić information content (AvgIpc) is 2.35. The number of hydrogen-bond donors (Lipinski definition) is 5. The summed E-state index contributed by atoms with van der Waals surface area (Å²) in [6.45, 7) is -0.257. The summed E-state index contributed by atoms with van der Waals surface area (Å²) in [5.41, 5.74) is 0.623. The van der Waals surface area contributed by atoms with E-state index in [2.05, 4.69) is 0 Å². The van der Waals surface area contributed by atoms with Crippen molar-refractivity contribution in [1.29, 1.82) is 0 Å². The van der Waals surface area contributed by atoms with E-state index in [0.29, 0.717) is 5.56 Å². The fraction of sp³-hybridized carbons (Fsp3) is 0.500. The second kappa shape index (κ2) is 4.83. The van der Waals surface area contributed by atoms with Crippen molar-refractivity contribution in [2.45, 2.75) is 30.5 Å². The van der Waals surface area contributed by atoms with Crippen LogP contribution >= 0.6 is 0 Å². The molecule has 1 saturated heterocycles. The van der Waals surface area contributed by atoms with Crippen LogP contribution in [0.2, 0.25) is 0 Å². The first kappa shape index (κ1) is 13.3. The molecule has 1 aliphatic heterocycles. The number of aromatic hydroxyl groups is 1. The summed E-state index contributed by atoms with van der Waals surface area (Å²) < 4.78 is 5.03. The van der Waals surface area contributed by atoms with Gasteiger partial charge in [0.2, 0.25) is 0 Å². The van der Waals surface area contributed by atoms with Gasteiger partial charge in [0.25, 0.3) is 0 Å². The van der Waals surface area contributed by atoms with Gasteiger partial charge in [-0.1, -0.05) is 12.1 Å². The summed E-state index contributed by atoms with van der Waals surface area (Å²) in [6, 6.07) is 6.03. The molecular weight excluding hydrogens is 240 g/mol. The van der Waals surface area contributed by atoms with E-state index in [1.54, 1.807) is 12.1 Å². The normalized spacial score (nSPS) is 36.6. The number of benzene rings is 1. The van der Waals surface area contributed by atoms with E-state index in [4.69, 9.17) is 9.84 Å². The van der Waals surface area contributed by atoms with Gasteiger partial charge in [0.05, 0.1) is 6.61 Å². The third-order valence-electron chi connectivity index (χ3n) is 3.08. The Balaban J connectivity index is 2.14. The van der Waals surface area contributed by atoms with Gasteiger partial charge in [-0.15, -0.1) is 0 Å². The molecule has 0 amide bonds. The first-order chi connectivity index (χ1) is 8.42. The summed E-state index contributed by atoms with van der Waals surface area (Å²) in [6.07, 6.45) is -4.34. The minimum atomic E-state index is -1.95. The smallest absolute Gasteiger partial charge is 0.198 e. The molecule has 18 heavy (non-hydrogen) atoms. The van der Waals surface area contributed by atoms with Gasteiger partial charge in [-0.2, -0.15) is 0 Å². The highest BCUT2D eigenvalue weighted by Crippen LogP contribution is 2.28. The lowest BCUT2D eigenvalue weighted by Crippen LogP contribution is -2.61. The van der Waals surface area contributed by atoms with Crippen LogP contribution in [0.4, 0.5) is 0 Å². The molecule has 2 rings (SSSR count). The van der Waals surface area contributed by atoms with E-state index in [0.717, 1.165) is 0 Å². The molecule has 6 nitrogen and oxygen atoms in total. The SMILES string of the molecule is Oc1ccc(C[C@@]2(O)OC[C@H](O)[C@@H](O)[C@@H]2O)cc1. The van der Waals surface area contributed by atoms with Gasteiger partial charge in [-0.25, -0.2) is 0 Å². The average molecular weight is 256 g/mol. The van der Waals surface area contributed by atoms with E-state index in [1.807, 2.05) is 0 Å². The lowest BCUT2D eigenvalue weighted by molar-refractivity contribution is -0.320. The Hall–Kier alpha value is -1.18. The second-order valence-corrected chi connectivity index (χ2v) is 4.50. The van der Waals surface area contributed by atoms with Crippen molar-refractivity contribution in [3.8, 4) is 5.75 Å². The van der Waals surface area contributed by atoms with Crippen molar-refractivity contribution >= 4 is 0 Å². The highest BCUT2D eigenvalue weighted by atomic mass is 16.6. The molecule has 0 spiro atoms. The number of hydrogen-bond acceptors (Lipinski definition) is 6. The van der Waals surface area contributed by atoms with Crippen molar-refractivity contribution in [1.82, 2.24) is 0 Å². The molecular formula is C12H16O6. The van der Waals surface area contributed by atoms with Gasteiger partial charge in [0, 0.05) is 6.42 Å². The highest BCUT2D eigenvalue weighted by Gasteiger charge is 2.48. The summed E-state index contributed by atoms with van der Waals surface area (Å²) in [4.78, 5) is 0. The van der Waals surface area contributed by atoms with Crippen molar-refractivity contribution in [2.24, 2.45) is 0 Å². The number of rotatable bonds is 2. The fourth-order valence-electron chi connectivity index (χ4n) is 1.95. The van der Waals surface area contributed by atoms with Crippen molar-refractivity contribution in [2.75, 3.05) is 6.61 Å². The van der Waals surface area contributed by atoms with E-state index >= 15 is 0 Å². The minimum absolute atomic E-state index is 0.0573. The van der Waals surface area contributed by atoms with Crippen LogP contribution in [0.25, 0.3) is 0 Å². The molecule has 0 bridgehead atoms. The Morgan fingerprint density at radius 1 is 1.17 bits per heavy atom. The standard InChI is InChI=1S/C12H16O6/c13-8-3-1-7(2-4-8)5-12(17)11(16)10(15)9(14)6-18-12/h1-4,9-11,13-17H,5-6H2/t9-,10+,11-,12+/m0/s1. The Morgan fingerprint density at radius 3 is 2.39 bits per heavy atom. The predicted molar refractivity (Wildman–Crippen MR) is 60.7 cm³/mol. The minimum Gasteiger partial charge on any atom is -0.508 e. The molecule has 0 aliphatic carbocycles. The maximum absolute atomic E-state index is 10.1. The lowest BCUT2D eigenvalue weighted by Gasteiger charge is -2.41. The Labute approximate surface area is 104 Å². The van der Waals surface area contributed by atoms with Crippen LogP contribution in [-0.4, -0.2) is 56.2 Å². The first-order valence-electron chi connectivity index (χ1n) is 5.61. The number of aliphatic hydroxyl groups excluding tert-OH is 3. The van der Waals surface area contributed by atoms with Gasteiger partial charge in [0.1, 0.15) is 24.1 Å². The summed E-state index contributed by atoms with van der Waals surface area (Å²) in [5, 5.41) is 47.9. The van der Waals surface area contributed by atoms with Crippen molar-refractivity contribution in [3.63, 3.8) is 0 Å². The van der Waals surface area contributed by atoms with Crippen molar-refractivity contribution < 1.29 is 30.3 Å². The lowest BCUT2D eigenvalue weighted by atomic mass is 9.92. The number of aliphatic hydroxyl groups is 4. The molecule has 6 heteroatoms. The third kappa shape index (κ3) is 2.47. The molecule has 0 unspecified atom stereocenters. The van der Waals surface area contributed by atoms with Crippen molar-refractivity contribution in [3.05, 3.63) is 29.8 Å². The van der Waals surface area contributed by atoms with E-state index in [1.165, 1.54) is 12.1 Å². The molecule has 100 valence electrons. The van der Waals surface area contributed by atoms with Crippen LogP contribution in [0.15, 0.2) is 24.3 Å². The van der Waals surface area contributed by atoms with Gasteiger partial charge >= 0.3 is 0 Å². The third-order valence-corrected chi connectivity index (χ3v) is 3.08. The summed E-state index contributed by atoms with van der Waals surface area (Å²) in [5.74, 6) is -1.86. The van der Waals surface area contributed by atoms with E-state index in [-0.39, 0.29) is 18.8 Å². The summed E-state index contributed by atoms with van der Waals surface area (Å²) >= 11 is 0. The van der Waals surface area contributed by atoms with Gasteiger partial charge in [-0.05, 0) is 17.7 Å². The van der Waals surface area contributed by atoms with E-state index < -0.39 is 24.1 Å². The van der Waals surface area contributed by atoms with Crippen LogP contribution in [-0.2, 0) is 11.2 Å². The second-order valence-electron chi connectivity index (χ2n) is 4.50. The largest absolute Gasteiger partial charge is 0.508 e. The molecule has 1 aromatic rings. The fourth-order valence-corrected chi connectivity index (χ4v) is 1.95. The molecule has 1 heterocycles. The van der Waals surface area contributed by atoms with Crippen LogP contribution in [0, 0.1) is 0 Å². The van der Waals surface area contributed by atoms with Crippen LogP contribution in [0.5, 0.6) is 5.75 Å². The Bertz CT molecular complexity index is 406. The zero-order valence-electron chi connectivity index (χ0n) is 9.60. The molecule has 1 aliphatic rings.